The monoisotopic (exact) mass is 241 g/mol. The van der Waals surface area contributed by atoms with Crippen LogP contribution >= 0.6 is 0 Å². The van der Waals surface area contributed by atoms with Gasteiger partial charge in [0.2, 0.25) is 5.95 Å². The van der Waals surface area contributed by atoms with Crippen molar-refractivity contribution >= 4 is 17.3 Å². The molecule has 0 aliphatic rings. The predicted molar refractivity (Wildman–Crippen MR) is 67.1 cm³/mol. The number of benzene rings is 1. The highest BCUT2D eigenvalue weighted by Gasteiger charge is 2.03. The molecule has 6 heteroatoms. The minimum atomic E-state index is 0.535. The van der Waals surface area contributed by atoms with Crippen LogP contribution in [0.4, 0.5) is 11.6 Å². The van der Waals surface area contributed by atoms with Crippen molar-refractivity contribution in [2.75, 3.05) is 12.4 Å². The van der Waals surface area contributed by atoms with Crippen molar-refractivity contribution in [3.05, 3.63) is 42.9 Å². The summed E-state index contributed by atoms with van der Waals surface area (Å²) in [4.78, 5) is 8.29. The maximum Gasteiger partial charge on any atom is 0.247 e. The lowest BCUT2D eigenvalue weighted by molar-refractivity contribution is 0.415. The molecule has 0 radical (unpaired) electrons. The molecule has 0 saturated heterocycles. The molecule has 18 heavy (non-hydrogen) atoms. The van der Waals surface area contributed by atoms with E-state index in [2.05, 4.69) is 20.4 Å². The molecule has 3 aromatic rings. The molecule has 0 unspecified atom stereocenters. The third-order valence-corrected chi connectivity index (χ3v) is 2.49. The van der Waals surface area contributed by atoms with Gasteiger partial charge in [0.05, 0.1) is 13.3 Å². The molecule has 0 saturated carbocycles. The topological polar surface area (TPSA) is 64.3 Å². The van der Waals surface area contributed by atoms with Crippen LogP contribution in [0, 0.1) is 0 Å². The molecule has 0 spiro atoms. The second kappa shape index (κ2) is 4.33. The molecule has 2 aromatic heterocycles. The van der Waals surface area contributed by atoms with E-state index in [1.807, 2.05) is 24.3 Å². The Kier molecular flexibility index (Phi) is 2.53. The van der Waals surface area contributed by atoms with Gasteiger partial charge in [0, 0.05) is 18.1 Å². The average Bonchev–Trinajstić information content (AvgIpc) is 2.82. The Morgan fingerprint density at radius 1 is 1.22 bits per heavy atom. The number of hydrogen-bond acceptors (Lipinski definition) is 5. The SMILES string of the molecule is COc1ccc(Nc2nc3cnccn3n2)cc1. The molecule has 2 heterocycles. The van der Waals surface area contributed by atoms with Gasteiger partial charge < -0.3 is 10.1 Å². The summed E-state index contributed by atoms with van der Waals surface area (Å²) < 4.78 is 6.76. The van der Waals surface area contributed by atoms with E-state index in [4.69, 9.17) is 4.74 Å². The minimum absolute atomic E-state index is 0.535. The highest BCUT2D eigenvalue weighted by Crippen LogP contribution is 2.18. The number of nitrogens with zero attached hydrogens (tertiary/aromatic N) is 4. The Morgan fingerprint density at radius 2 is 2.06 bits per heavy atom. The fourth-order valence-corrected chi connectivity index (χ4v) is 1.60. The zero-order valence-electron chi connectivity index (χ0n) is 9.74. The quantitative estimate of drug-likeness (QED) is 0.758. The molecule has 0 aliphatic heterocycles. The van der Waals surface area contributed by atoms with Crippen LogP contribution in [-0.2, 0) is 0 Å². The summed E-state index contributed by atoms with van der Waals surface area (Å²) in [5, 5.41) is 7.39. The number of rotatable bonds is 3. The fraction of sp³-hybridized carbons (Fsp3) is 0.0833. The van der Waals surface area contributed by atoms with Crippen molar-refractivity contribution in [3.8, 4) is 5.75 Å². The van der Waals surface area contributed by atoms with Crippen molar-refractivity contribution < 1.29 is 4.74 Å². The van der Waals surface area contributed by atoms with E-state index < -0.39 is 0 Å². The first-order chi connectivity index (χ1) is 8.85. The second-order valence-corrected chi connectivity index (χ2v) is 3.67. The Labute approximate surface area is 103 Å². The van der Waals surface area contributed by atoms with E-state index in [9.17, 15) is 0 Å². The molecule has 1 aromatic carbocycles. The molecule has 3 rings (SSSR count). The van der Waals surface area contributed by atoms with Crippen molar-refractivity contribution in [2.24, 2.45) is 0 Å². The minimum Gasteiger partial charge on any atom is -0.497 e. The Morgan fingerprint density at radius 3 is 2.78 bits per heavy atom. The van der Waals surface area contributed by atoms with E-state index in [1.54, 1.807) is 30.2 Å². The van der Waals surface area contributed by atoms with Crippen molar-refractivity contribution in [1.29, 1.82) is 0 Å². The number of anilines is 2. The summed E-state index contributed by atoms with van der Waals surface area (Å²) in [7, 11) is 1.64. The number of methoxy groups -OCH3 is 1. The van der Waals surface area contributed by atoms with E-state index in [0.29, 0.717) is 11.6 Å². The molecule has 1 N–H and O–H groups in total. The van der Waals surface area contributed by atoms with Crippen LogP contribution in [0.3, 0.4) is 0 Å². The maximum absolute atomic E-state index is 5.10. The highest BCUT2D eigenvalue weighted by atomic mass is 16.5. The smallest absolute Gasteiger partial charge is 0.247 e. The normalized spacial score (nSPS) is 10.5. The zero-order chi connectivity index (χ0) is 12.4. The lowest BCUT2D eigenvalue weighted by Crippen LogP contribution is -1.93. The molecule has 0 bridgehead atoms. The first-order valence-corrected chi connectivity index (χ1v) is 5.42. The molecule has 0 atom stereocenters. The fourth-order valence-electron chi connectivity index (χ4n) is 1.60. The molecule has 6 nitrogen and oxygen atoms in total. The van der Waals surface area contributed by atoms with Crippen LogP contribution in [0.5, 0.6) is 5.75 Å². The third kappa shape index (κ3) is 1.95. The summed E-state index contributed by atoms with van der Waals surface area (Å²) >= 11 is 0. The first-order valence-electron chi connectivity index (χ1n) is 5.42. The molecule has 0 fully saturated rings. The van der Waals surface area contributed by atoms with Crippen LogP contribution in [0.2, 0.25) is 0 Å². The summed E-state index contributed by atoms with van der Waals surface area (Å²) in [6, 6.07) is 7.56. The highest BCUT2D eigenvalue weighted by molar-refractivity contribution is 5.56. The van der Waals surface area contributed by atoms with Crippen molar-refractivity contribution in [1.82, 2.24) is 19.6 Å². The van der Waals surface area contributed by atoms with E-state index in [1.165, 1.54) is 0 Å². The predicted octanol–water partition coefficient (Wildman–Crippen LogP) is 1.88. The summed E-state index contributed by atoms with van der Waals surface area (Å²) in [5.74, 6) is 1.35. The van der Waals surface area contributed by atoms with Crippen LogP contribution in [0.1, 0.15) is 0 Å². The van der Waals surface area contributed by atoms with Gasteiger partial charge in [-0.2, -0.15) is 4.98 Å². The van der Waals surface area contributed by atoms with Gasteiger partial charge in [-0.15, -0.1) is 5.10 Å². The van der Waals surface area contributed by atoms with Gasteiger partial charge in [0.25, 0.3) is 0 Å². The summed E-state index contributed by atoms with van der Waals surface area (Å²) in [5.41, 5.74) is 1.60. The van der Waals surface area contributed by atoms with Gasteiger partial charge in [-0.25, -0.2) is 4.52 Å². The maximum atomic E-state index is 5.10. The van der Waals surface area contributed by atoms with E-state index in [0.717, 1.165) is 11.4 Å². The van der Waals surface area contributed by atoms with Gasteiger partial charge in [0.15, 0.2) is 5.65 Å². The van der Waals surface area contributed by atoms with Gasteiger partial charge in [0.1, 0.15) is 5.75 Å². The van der Waals surface area contributed by atoms with Gasteiger partial charge in [-0.3, -0.25) is 4.98 Å². The van der Waals surface area contributed by atoms with Gasteiger partial charge in [-0.1, -0.05) is 0 Å². The van der Waals surface area contributed by atoms with Crippen LogP contribution < -0.4 is 10.1 Å². The molecular formula is C12H11N5O. The standard InChI is InChI=1S/C12H11N5O/c1-18-10-4-2-9(3-5-10)14-12-15-11-8-13-6-7-17(11)16-12/h2-8H,1H3,(H,14,16). The summed E-state index contributed by atoms with van der Waals surface area (Å²) in [6.07, 6.45) is 5.08. The lowest BCUT2D eigenvalue weighted by Gasteiger charge is -2.02. The zero-order valence-corrected chi connectivity index (χ0v) is 9.74. The number of ether oxygens (including phenoxy) is 1. The van der Waals surface area contributed by atoms with Crippen molar-refractivity contribution in [2.45, 2.75) is 0 Å². The average molecular weight is 241 g/mol. The Hall–Kier alpha value is -2.63. The summed E-state index contributed by atoms with van der Waals surface area (Å²) in [6.45, 7) is 0. The number of nitrogens with one attached hydrogen (secondary N) is 1. The number of fused-ring (bicyclic) bond motifs is 1. The first kappa shape index (κ1) is 10.5. The van der Waals surface area contributed by atoms with Crippen LogP contribution in [0.15, 0.2) is 42.9 Å². The van der Waals surface area contributed by atoms with Crippen molar-refractivity contribution in [3.63, 3.8) is 0 Å². The molecular weight excluding hydrogens is 230 g/mol. The lowest BCUT2D eigenvalue weighted by atomic mass is 10.3. The molecule has 0 aliphatic carbocycles. The largest absolute Gasteiger partial charge is 0.497 e. The second-order valence-electron chi connectivity index (χ2n) is 3.67. The van der Waals surface area contributed by atoms with Gasteiger partial charge >= 0.3 is 0 Å². The molecule has 90 valence electrons. The van der Waals surface area contributed by atoms with Gasteiger partial charge in [-0.05, 0) is 24.3 Å². The van der Waals surface area contributed by atoms with E-state index in [-0.39, 0.29) is 0 Å². The Bertz CT molecular complexity index is 629. The number of hydrogen-bond donors (Lipinski definition) is 1. The third-order valence-electron chi connectivity index (χ3n) is 2.49. The Balaban J connectivity index is 1.86. The van der Waals surface area contributed by atoms with E-state index >= 15 is 0 Å². The molecule has 0 amide bonds. The number of aromatic nitrogens is 4. The van der Waals surface area contributed by atoms with Crippen LogP contribution in [0.25, 0.3) is 5.65 Å². The van der Waals surface area contributed by atoms with Crippen LogP contribution in [-0.4, -0.2) is 26.7 Å².